The fourth-order valence-electron chi connectivity index (χ4n) is 1.44. The number of nitrogen functional groups attached to an aromatic ring is 1. The van der Waals surface area contributed by atoms with Crippen molar-refractivity contribution in [2.45, 2.75) is 13.3 Å². The van der Waals surface area contributed by atoms with Crippen LogP contribution in [-0.2, 0) is 6.42 Å². The number of anilines is 1. The first-order valence-corrected chi connectivity index (χ1v) is 4.78. The fourth-order valence-corrected chi connectivity index (χ4v) is 1.67. The molecule has 4 nitrogen and oxygen atoms in total. The molecule has 0 aliphatic carbocycles. The molecule has 0 heterocycles. The molecule has 1 rings (SSSR count). The Labute approximate surface area is 92.6 Å². The molecule has 3 N–H and O–H groups in total. The number of rotatable bonds is 3. The third-order valence-electron chi connectivity index (χ3n) is 2.16. The summed E-state index contributed by atoms with van der Waals surface area (Å²) in [6, 6.07) is 1.30. The number of methoxy groups -OCH3 is 1. The smallest absolute Gasteiger partial charge is 0.339 e. The number of halogens is 1. The molecule has 0 radical (unpaired) electrons. The zero-order chi connectivity index (χ0) is 11.6. The molecule has 0 bridgehead atoms. The molecule has 0 atom stereocenters. The Kier molecular flexibility index (Phi) is 3.42. The zero-order valence-electron chi connectivity index (χ0n) is 8.50. The monoisotopic (exact) mass is 229 g/mol. The van der Waals surface area contributed by atoms with Crippen LogP contribution >= 0.6 is 11.6 Å². The largest absolute Gasteiger partial charge is 0.495 e. The summed E-state index contributed by atoms with van der Waals surface area (Å²) in [5.74, 6) is -0.796. The molecule has 1 aromatic carbocycles. The van der Waals surface area contributed by atoms with Crippen LogP contribution < -0.4 is 10.5 Å². The van der Waals surface area contributed by atoms with Crippen molar-refractivity contribution in [3.8, 4) is 5.75 Å². The number of carboxylic acid groups (broad SMARTS) is 1. The summed E-state index contributed by atoms with van der Waals surface area (Å²) in [7, 11) is 1.41. The molecule has 0 spiro atoms. The lowest BCUT2D eigenvalue weighted by Gasteiger charge is -2.13. The molecule has 5 heteroatoms. The molecule has 82 valence electrons. The van der Waals surface area contributed by atoms with Gasteiger partial charge in [-0.1, -0.05) is 18.5 Å². The van der Waals surface area contributed by atoms with Gasteiger partial charge in [-0.05, 0) is 12.5 Å². The van der Waals surface area contributed by atoms with Gasteiger partial charge >= 0.3 is 5.97 Å². The van der Waals surface area contributed by atoms with E-state index in [-0.39, 0.29) is 16.3 Å². The molecule has 1 aromatic rings. The Morgan fingerprint density at radius 2 is 2.27 bits per heavy atom. The average Bonchev–Trinajstić information content (AvgIpc) is 2.20. The van der Waals surface area contributed by atoms with E-state index in [4.69, 9.17) is 27.2 Å². The highest BCUT2D eigenvalue weighted by atomic mass is 35.5. The van der Waals surface area contributed by atoms with Gasteiger partial charge in [-0.25, -0.2) is 4.79 Å². The number of hydrogen-bond donors (Lipinski definition) is 2. The van der Waals surface area contributed by atoms with Crippen LogP contribution in [0.1, 0.15) is 22.8 Å². The molecular formula is C10H12ClNO3. The summed E-state index contributed by atoms with van der Waals surface area (Å²) < 4.78 is 5.05. The third kappa shape index (κ3) is 1.99. The van der Waals surface area contributed by atoms with Gasteiger partial charge in [0.15, 0.2) is 0 Å². The predicted molar refractivity (Wildman–Crippen MR) is 58.8 cm³/mol. The van der Waals surface area contributed by atoms with Gasteiger partial charge in [0.05, 0.1) is 17.8 Å². The SMILES string of the molecule is CCc1c(N)c(Cl)cc(C(=O)O)c1OC. The van der Waals surface area contributed by atoms with E-state index in [1.54, 1.807) is 0 Å². The second kappa shape index (κ2) is 4.40. The van der Waals surface area contributed by atoms with E-state index in [1.807, 2.05) is 6.92 Å². The molecule has 0 saturated heterocycles. The summed E-state index contributed by atoms with van der Waals surface area (Å²) in [6.07, 6.45) is 0.565. The van der Waals surface area contributed by atoms with Crippen molar-refractivity contribution in [2.24, 2.45) is 0 Å². The van der Waals surface area contributed by atoms with Gasteiger partial charge in [0.2, 0.25) is 0 Å². The highest BCUT2D eigenvalue weighted by molar-refractivity contribution is 6.33. The standard InChI is InChI=1S/C10H12ClNO3/c1-3-5-8(12)7(11)4-6(10(13)14)9(5)15-2/h4H,3,12H2,1-2H3,(H,13,14). The van der Waals surface area contributed by atoms with Gasteiger partial charge in [-0.15, -0.1) is 0 Å². The lowest BCUT2D eigenvalue weighted by Crippen LogP contribution is -2.06. The molecule has 0 saturated carbocycles. The van der Waals surface area contributed by atoms with Crippen LogP contribution in [0.25, 0.3) is 0 Å². The van der Waals surface area contributed by atoms with Crippen LogP contribution in [0.3, 0.4) is 0 Å². The van der Waals surface area contributed by atoms with E-state index in [0.29, 0.717) is 17.7 Å². The van der Waals surface area contributed by atoms with Crippen molar-refractivity contribution in [2.75, 3.05) is 12.8 Å². The van der Waals surface area contributed by atoms with E-state index in [0.717, 1.165) is 0 Å². The first-order valence-electron chi connectivity index (χ1n) is 4.41. The number of aromatic carboxylic acids is 1. The molecule has 0 aliphatic rings. The van der Waals surface area contributed by atoms with Crippen molar-refractivity contribution < 1.29 is 14.6 Å². The van der Waals surface area contributed by atoms with Gasteiger partial charge in [-0.3, -0.25) is 0 Å². The maximum Gasteiger partial charge on any atom is 0.339 e. The van der Waals surface area contributed by atoms with Gasteiger partial charge in [0.25, 0.3) is 0 Å². The van der Waals surface area contributed by atoms with Gasteiger partial charge in [-0.2, -0.15) is 0 Å². The quantitative estimate of drug-likeness (QED) is 0.780. The topological polar surface area (TPSA) is 72.6 Å². The highest BCUT2D eigenvalue weighted by Gasteiger charge is 2.19. The summed E-state index contributed by atoms with van der Waals surface area (Å²) in [4.78, 5) is 10.9. The van der Waals surface area contributed by atoms with Crippen molar-refractivity contribution in [1.82, 2.24) is 0 Å². The van der Waals surface area contributed by atoms with Crippen molar-refractivity contribution >= 4 is 23.3 Å². The maximum atomic E-state index is 10.9. The van der Waals surface area contributed by atoms with E-state index in [1.165, 1.54) is 13.2 Å². The minimum Gasteiger partial charge on any atom is -0.495 e. The maximum absolute atomic E-state index is 10.9. The Bertz CT molecular complexity index is 404. The first-order chi connectivity index (χ1) is 7.02. The fraction of sp³-hybridized carbons (Fsp3) is 0.300. The molecule has 15 heavy (non-hydrogen) atoms. The normalized spacial score (nSPS) is 10.1. The van der Waals surface area contributed by atoms with E-state index in [2.05, 4.69) is 0 Å². The predicted octanol–water partition coefficient (Wildman–Crippen LogP) is 2.19. The summed E-state index contributed by atoms with van der Waals surface area (Å²) >= 11 is 5.83. The Hall–Kier alpha value is -1.42. The molecule has 0 unspecified atom stereocenters. The van der Waals surface area contributed by atoms with Crippen LogP contribution in [0.15, 0.2) is 6.07 Å². The number of benzene rings is 1. The summed E-state index contributed by atoms with van der Waals surface area (Å²) in [5, 5.41) is 9.19. The van der Waals surface area contributed by atoms with E-state index in [9.17, 15) is 4.79 Å². The van der Waals surface area contributed by atoms with Crippen LogP contribution in [-0.4, -0.2) is 18.2 Å². The molecule has 0 aromatic heterocycles. The highest BCUT2D eigenvalue weighted by Crippen LogP contribution is 2.35. The first kappa shape index (κ1) is 11.7. The minimum absolute atomic E-state index is 0.0357. The number of nitrogens with two attached hydrogens (primary N) is 1. The molecule has 0 amide bonds. The summed E-state index contributed by atoms with van der Waals surface area (Å²) in [6.45, 7) is 1.86. The van der Waals surface area contributed by atoms with Gasteiger partial charge in [0.1, 0.15) is 11.3 Å². The number of ether oxygens (including phenoxy) is 1. The van der Waals surface area contributed by atoms with Crippen molar-refractivity contribution in [1.29, 1.82) is 0 Å². The van der Waals surface area contributed by atoms with Crippen molar-refractivity contribution in [3.63, 3.8) is 0 Å². The van der Waals surface area contributed by atoms with Crippen LogP contribution in [0, 0.1) is 0 Å². The second-order valence-electron chi connectivity index (χ2n) is 2.99. The number of hydrogen-bond acceptors (Lipinski definition) is 3. The molecule has 0 aliphatic heterocycles. The Morgan fingerprint density at radius 3 is 2.67 bits per heavy atom. The molecular weight excluding hydrogens is 218 g/mol. The minimum atomic E-state index is -1.08. The Balaban J connectivity index is 3.54. The molecule has 0 fully saturated rings. The van der Waals surface area contributed by atoms with Gasteiger partial charge in [0, 0.05) is 5.56 Å². The summed E-state index contributed by atoms with van der Waals surface area (Å²) in [5.41, 5.74) is 6.77. The second-order valence-corrected chi connectivity index (χ2v) is 3.40. The third-order valence-corrected chi connectivity index (χ3v) is 2.47. The average molecular weight is 230 g/mol. The number of carbonyl (C=O) groups is 1. The van der Waals surface area contributed by atoms with E-state index >= 15 is 0 Å². The lowest BCUT2D eigenvalue weighted by molar-refractivity contribution is 0.0693. The van der Waals surface area contributed by atoms with Crippen LogP contribution in [0.2, 0.25) is 5.02 Å². The lowest BCUT2D eigenvalue weighted by atomic mass is 10.0. The van der Waals surface area contributed by atoms with Crippen LogP contribution in [0.5, 0.6) is 5.75 Å². The zero-order valence-corrected chi connectivity index (χ0v) is 9.26. The van der Waals surface area contributed by atoms with Gasteiger partial charge < -0.3 is 15.6 Å². The van der Waals surface area contributed by atoms with E-state index < -0.39 is 5.97 Å². The van der Waals surface area contributed by atoms with Crippen LogP contribution in [0.4, 0.5) is 5.69 Å². The van der Waals surface area contributed by atoms with Crippen molar-refractivity contribution in [3.05, 3.63) is 22.2 Å². The Morgan fingerprint density at radius 1 is 1.67 bits per heavy atom. The number of carboxylic acids is 1.